The van der Waals surface area contributed by atoms with E-state index in [1.165, 1.54) is 6.42 Å². The van der Waals surface area contributed by atoms with E-state index in [0.717, 1.165) is 38.4 Å². The Bertz CT molecular complexity index is 342. The Morgan fingerprint density at radius 1 is 1.47 bits per heavy atom. The molecule has 4 nitrogen and oxygen atoms in total. The molecule has 0 spiro atoms. The molecule has 5 heteroatoms. The molecule has 1 aromatic heterocycles. The molecule has 0 saturated carbocycles. The Hall–Kier alpha value is -0.710. The minimum Gasteiger partial charge on any atom is -0.377 e. The van der Waals surface area contributed by atoms with Gasteiger partial charge in [-0.05, 0) is 26.3 Å². The van der Waals surface area contributed by atoms with Crippen LogP contribution < -0.4 is 0 Å². The normalized spacial score (nSPS) is 21.6. The first-order valence-electron chi connectivity index (χ1n) is 6.08. The summed E-state index contributed by atoms with van der Waals surface area (Å²) in [5.41, 5.74) is 0.964. The second-order valence-corrected chi connectivity index (χ2v) is 4.67. The van der Waals surface area contributed by atoms with E-state index in [9.17, 15) is 0 Å². The number of piperidine rings is 1. The average molecular weight is 256 g/mol. The van der Waals surface area contributed by atoms with E-state index in [1.807, 2.05) is 6.92 Å². The summed E-state index contributed by atoms with van der Waals surface area (Å²) in [4.78, 5) is 10.7. The predicted octanol–water partition coefficient (Wildman–Crippen LogP) is 2.13. The number of likely N-dealkylation sites (tertiary alicyclic amines) is 1. The van der Waals surface area contributed by atoms with E-state index >= 15 is 0 Å². The van der Waals surface area contributed by atoms with Crippen molar-refractivity contribution in [2.24, 2.45) is 0 Å². The van der Waals surface area contributed by atoms with E-state index in [0.29, 0.717) is 11.3 Å². The minimum absolute atomic E-state index is 0.369. The van der Waals surface area contributed by atoms with Crippen molar-refractivity contribution in [2.45, 2.75) is 32.4 Å². The van der Waals surface area contributed by atoms with E-state index in [-0.39, 0.29) is 0 Å². The van der Waals surface area contributed by atoms with E-state index in [1.54, 1.807) is 12.4 Å². The van der Waals surface area contributed by atoms with Crippen LogP contribution in [0.2, 0.25) is 5.15 Å². The van der Waals surface area contributed by atoms with Gasteiger partial charge >= 0.3 is 0 Å². The smallest absolute Gasteiger partial charge is 0.147 e. The van der Waals surface area contributed by atoms with Gasteiger partial charge in [-0.15, -0.1) is 0 Å². The molecule has 0 aliphatic carbocycles. The Labute approximate surface area is 107 Å². The van der Waals surface area contributed by atoms with Crippen LogP contribution in [0.25, 0.3) is 0 Å². The highest BCUT2D eigenvalue weighted by molar-refractivity contribution is 6.29. The lowest BCUT2D eigenvalue weighted by molar-refractivity contribution is 0.00329. The van der Waals surface area contributed by atoms with Crippen molar-refractivity contribution in [3.8, 4) is 0 Å². The highest BCUT2D eigenvalue weighted by Gasteiger charge is 2.20. The van der Waals surface area contributed by atoms with Gasteiger partial charge in [-0.25, -0.2) is 4.98 Å². The zero-order valence-electron chi connectivity index (χ0n) is 10.1. The number of hydrogen-bond donors (Lipinski definition) is 0. The highest BCUT2D eigenvalue weighted by atomic mass is 35.5. The third-order valence-electron chi connectivity index (χ3n) is 2.92. The average Bonchev–Trinajstić information content (AvgIpc) is 2.33. The van der Waals surface area contributed by atoms with Crippen LogP contribution >= 0.6 is 11.6 Å². The fourth-order valence-corrected chi connectivity index (χ4v) is 2.28. The van der Waals surface area contributed by atoms with Gasteiger partial charge in [-0.3, -0.25) is 9.88 Å². The SMILES string of the molecule is CCOC1CCCN(Cc2cnc(Cl)cn2)C1. The monoisotopic (exact) mass is 255 g/mol. The summed E-state index contributed by atoms with van der Waals surface area (Å²) in [7, 11) is 0. The Balaban J connectivity index is 1.87. The molecule has 0 radical (unpaired) electrons. The molecule has 1 saturated heterocycles. The van der Waals surface area contributed by atoms with Crippen LogP contribution in [0.15, 0.2) is 12.4 Å². The van der Waals surface area contributed by atoms with Crippen molar-refractivity contribution >= 4 is 11.6 Å². The summed E-state index contributed by atoms with van der Waals surface area (Å²) in [6, 6.07) is 0. The Morgan fingerprint density at radius 2 is 2.35 bits per heavy atom. The number of halogens is 1. The molecule has 2 rings (SSSR count). The van der Waals surface area contributed by atoms with Crippen LogP contribution in [-0.2, 0) is 11.3 Å². The van der Waals surface area contributed by atoms with E-state index < -0.39 is 0 Å². The van der Waals surface area contributed by atoms with E-state index in [4.69, 9.17) is 16.3 Å². The van der Waals surface area contributed by atoms with Crippen LogP contribution in [0.3, 0.4) is 0 Å². The van der Waals surface area contributed by atoms with Crippen molar-refractivity contribution in [2.75, 3.05) is 19.7 Å². The number of hydrogen-bond acceptors (Lipinski definition) is 4. The Morgan fingerprint density at radius 3 is 3.06 bits per heavy atom. The van der Waals surface area contributed by atoms with Crippen LogP contribution in [0.5, 0.6) is 0 Å². The maximum atomic E-state index is 5.71. The van der Waals surface area contributed by atoms with Gasteiger partial charge in [-0.2, -0.15) is 0 Å². The molecule has 94 valence electrons. The molecular formula is C12H18ClN3O. The van der Waals surface area contributed by atoms with Gasteiger partial charge < -0.3 is 4.74 Å². The van der Waals surface area contributed by atoms with Crippen LogP contribution in [-0.4, -0.2) is 40.7 Å². The molecule has 1 atom stereocenters. The minimum atomic E-state index is 0.369. The fraction of sp³-hybridized carbons (Fsp3) is 0.667. The van der Waals surface area contributed by atoms with Crippen molar-refractivity contribution in [3.63, 3.8) is 0 Å². The Kier molecular flexibility index (Phi) is 4.71. The summed E-state index contributed by atoms with van der Waals surface area (Å²) in [6.45, 7) is 5.75. The summed E-state index contributed by atoms with van der Waals surface area (Å²) >= 11 is 5.71. The molecular weight excluding hydrogens is 238 g/mol. The second kappa shape index (κ2) is 6.28. The third-order valence-corrected chi connectivity index (χ3v) is 3.12. The quantitative estimate of drug-likeness (QED) is 0.826. The molecule has 0 N–H and O–H groups in total. The molecule has 1 aliphatic heterocycles. The van der Waals surface area contributed by atoms with Crippen molar-refractivity contribution in [1.29, 1.82) is 0 Å². The zero-order chi connectivity index (χ0) is 12.1. The van der Waals surface area contributed by atoms with Gasteiger partial charge in [0.05, 0.1) is 24.2 Å². The molecule has 0 bridgehead atoms. The molecule has 2 heterocycles. The lowest BCUT2D eigenvalue weighted by atomic mass is 10.1. The first-order valence-corrected chi connectivity index (χ1v) is 6.46. The summed E-state index contributed by atoms with van der Waals surface area (Å²) in [5, 5.41) is 0.444. The summed E-state index contributed by atoms with van der Waals surface area (Å²) in [6.07, 6.45) is 6.06. The standard InChI is InChI=1S/C12H18ClN3O/c1-2-17-11-4-3-5-16(9-11)8-10-6-15-12(13)7-14-10/h6-7,11H,2-5,8-9H2,1H3. The lowest BCUT2D eigenvalue weighted by Crippen LogP contribution is -2.39. The topological polar surface area (TPSA) is 38.2 Å². The summed E-state index contributed by atoms with van der Waals surface area (Å²) in [5.74, 6) is 0. The molecule has 1 unspecified atom stereocenters. The van der Waals surface area contributed by atoms with E-state index in [2.05, 4.69) is 14.9 Å². The largest absolute Gasteiger partial charge is 0.377 e. The highest BCUT2D eigenvalue weighted by Crippen LogP contribution is 2.15. The third kappa shape index (κ3) is 3.91. The first kappa shape index (κ1) is 12.7. The molecule has 0 aromatic carbocycles. The fourth-order valence-electron chi connectivity index (χ4n) is 2.18. The number of aromatic nitrogens is 2. The number of nitrogens with zero attached hydrogens (tertiary/aromatic N) is 3. The molecule has 1 fully saturated rings. The predicted molar refractivity (Wildman–Crippen MR) is 67.0 cm³/mol. The van der Waals surface area contributed by atoms with Crippen LogP contribution in [0.1, 0.15) is 25.5 Å². The van der Waals surface area contributed by atoms with Crippen LogP contribution in [0, 0.1) is 0 Å². The van der Waals surface area contributed by atoms with Gasteiger partial charge in [0.2, 0.25) is 0 Å². The zero-order valence-corrected chi connectivity index (χ0v) is 10.9. The maximum absolute atomic E-state index is 5.71. The van der Waals surface area contributed by atoms with Crippen molar-refractivity contribution < 1.29 is 4.74 Å². The maximum Gasteiger partial charge on any atom is 0.147 e. The van der Waals surface area contributed by atoms with Crippen molar-refractivity contribution in [1.82, 2.24) is 14.9 Å². The number of rotatable bonds is 4. The molecule has 0 amide bonds. The summed E-state index contributed by atoms with van der Waals surface area (Å²) < 4.78 is 5.67. The van der Waals surface area contributed by atoms with Gasteiger partial charge in [0.15, 0.2) is 0 Å². The van der Waals surface area contributed by atoms with Gasteiger partial charge in [-0.1, -0.05) is 11.6 Å². The van der Waals surface area contributed by atoms with Crippen molar-refractivity contribution in [3.05, 3.63) is 23.2 Å². The second-order valence-electron chi connectivity index (χ2n) is 4.29. The lowest BCUT2D eigenvalue weighted by Gasteiger charge is -2.32. The number of ether oxygens (including phenoxy) is 1. The molecule has 17 heavy (non-hydrogen) atoms. The first-order chi connectivity index (χ1) is 8.28. The van der Waals surface area contributed by atoms with Gasteiger partial charge in [0.25, 0.3) is 0 Å². The van der Waals surface area contributed by atoms with Crippen LogP contribution in [0.4, 0.5) is 0 Å². The molecule has 1 aliphatic rings. The van der Waals surface area contributed by atoms with Gasteiger partial charge in [0, 0.05) is 19.7 Å². The molecule has 1 aromatic rings. The van der Waals surface area contributed by atoms with Gasteiger partial charge in [0.1, 0.15) is 5.15 Å².